The fourth-order valence-electron chi connectivity index (χ4n) is 4.49. The largest absolute Gasteiger partial charge is 0.373 e. The molecule has 0 amide bonds. The lowest BCUT2D eigenvalue weighted by molar-refractivity contribution is -0.0458. The first-order chi connectivity index (χ1) is 13.8. The van der Waals surface area contributed by atoms with E-state index in [0.717, 1.165) is 38.1 Å². The van der Waals surface area contributed by atoms with Gasteiger partial charge in [-0.1, -0.05) is 6.42 Å². The van der Waals surface area contributed by atoms with Crippen molar-refractivity contribution in [1.29, 1.82) is 0 Å². The van der Waals surface area contributed by atoms with Gasteiger partial charge in [0, 0.05) is 52.2 Å². The highest BCUT2D eigenvalue weighted by Crippen LogP contribution is 2.19. The molecule has 11 heteroatoms. The molecule has 4 rings (SSSR count). The minimum atomic E-state index is -3.49. The van der Waals surface area contributed by atoms with Gasteiger partial charge >= 0.3 is 5.69 Å². The van der Waals surface area contributed by atoms with Crippen LogP contribution >= 0.6 is 0 Å². The summed E-state index contributed by atoms with van der Waals surface area (Å²) in [6.45, 7) is 7.77. The molecule has 0 spiro atoms. The van der Waals surface area contributed by atoms with Gasteiger partial charge in [0.15, 0.2) is 0 Å². The Morgan fingerprint density at radius 3 is 2.34 bits per heavy atom. The number of morpholine rings is 1. The van der Waals surface area contributed by atoms with E-state index in [0.29, 0.717) is 45.9 Å². The monoisotopic (exact) mass is 428 g/mol. The molecule has 10 nitrogen and oxygen atoms in total. The van der Waals surface area contributed by atoms with Crippen molar-refractivity contribution >= 4 is 10.2 Å². The van der Waals surface area contributed by atoms with Gasteiger partial charge in [0.1, 0.15) is 5.82 Å². The van der Waals surface area contributed by atoms with E-state index in [9.17, 15) is 13.2 Å². The summed E-state index contributed by atoms with van der Waals surface area (Å²) in [4.78, 5) is 14.7. The minimum Gasteiger partial charge on any atom is -0.373 e. The van der Waals surface area contributed by atoms with Gasteiger partial charge in [-0.05, 0) is 26.7 Å². The lowest BCUT2D eigenvalue weighted by atomic mass is 10.2. The number of aryl methyl sites for hydroxylation is 1. The Bertz CT molecular complexity index is 863. The standard InChI is InChI=1S/C18H32N6O4S/c1-15-12-22(13-16(2)28-15)29(26,27)21-10-8-20(9-11-21)14-24-18(25)23-7-5-3-4-6-17(23)19-24/h15-16H,3-14H2,1-2H3/t15-,16-/m0/s1. The zero-order chi connectivity index (χ0) is 20.6. The molecule has 0 unspecified atom stereocenters. The van der Waals surface area contributed by atoms with E-state index in [-0.39, 0.29) is 17.9 Å². The van der Waals surface area contributed by atoms with Gasteiger partial charge in [0.2, 0.25) is 0 Å². The van der Waals surface area contributed by atoms with Crippen LogP contribution in [0.15, 0.2) is 4.79 Å². The van der Waals surface area contributed by atoms with Crippen molar-refractivity contribution in [3.8, 4) is 0 Å². The van der Waals surface area contributed by atoms with E-state index >= 15 is 0 Å². The second-order valence-electron chi connectivity index (χ2n) is 8.40. The predicted molar refractivity (Wildman–Crippen MR) is 108 cm³/mol. The number of nitrogens with zero attached hydrogens (tertiary/aromatic N) is 6. The van der Waals surface area contributed by atoms with Gasteiger partial charge in [-0.15, -0.1) is 0 Å². The van der Waals surface area contributed by atoms with Crippen molar-refractivity contribution in [2.75, 3.05) is 39.3 Å². The molecule has 0 saturated carbocycles. The summed E-state index contributed by atoms with van der Waals surface area (Å²) in [5, 5.41) is 4.53. The number of ether oxygens (including phenoxy) is 1. The van der Waals surface area contributed by atoms with Gasteiger partial charge in [0.05, 0.1) is 18.9 Å². The summed E-state index contributed by atoms with van der Waals surface area (Å²) in [6, 6.07) is 0. The van der Waals surface area contributed by atoms with Crippen LogP contribution in [0.2, 0.25) is 0 Å². The summed E-state index contributed by atoms with van der Waals surface area (Å²) in [6.07, 6.45) is 3.89. The molecule has 3 aliphatic heterocycles. The number of fused-ring (bicyclic) bond motifs is 1. The van der Waals surface area contributed by atoms with Gasteiger partial charge in [0.25, 0.3) is 10.2 Å². The first-order valence-corrected chi connectivity index (χ1v) is 12.0. The van der Waals surface area contributed by atoms with Crippen LogP contribution in [-0.2, 0) is 34.6 Å². The summed E-state index contributed by atoms with van der Waals surface area (Å²) >= 11 is 0. The Kier molecular flexibility index (Phi) is 6.12. The van der Waals surface area contributed by atoms with Crippen LogP contribution in [0.1, 0.15) is 38.9 Å². The van der Waals surface area contributed by atoms with Crippen LogP contribution in [0.3, 0.4) is 0 Å². The van der Waals surface area contributed by atoms with Crippen molar-refractivity contribution in [2.45, 2.75) is 65.0 Å². The number of rotatable bonds is 4. The molecule has 0 aliphatic carbocycles. The number of hydrogen-bond acceptors (Lipinski definition) is 6. The maximum absolute atomic E-state index is 13.0. The predicted octanol–water partition coefficient (Wildman–Crippen LogP) is -0.300. The van der Waals surface area contributed by atoms with E-state index < -0.39 is 10.2 Å². The molecule has 1 aromatic heterocycles. The Balaban J connectivity index is 1.37. The van der Waals surface area contributed by atoms with Gasteiger partial charge < -0.3 is 4.74 Å². The molecule has 2 saturated heterocycles. The fourth-order valence-corrected chi connectivity index (χ4v) is 6.24. The van der Waals surface area contributed by atoms with Crippen LogP contribution in [0.25, 0.3) is 0 Å². The summed E-state index contributed by atoms with van der Waals surface area (Å²) in [5.74, 6) is 0.879. The average Bonchev–Trinajstić information content (AvgIpc) is 2.84. The molecular formula is C18H32N6O4S. The molecular weight excluding hydrogens is 396 g/mol. The van der Waals surface area contributed by atoms with Gasteiger partial charge in [-0.25, -0.2) is 4.79 Å². The molecule has 0 radical (unpaired) electrons. The number of aromatic nitrogens is 3. The molecule has 0 aromatic carbocycles. The molecule has 0 bridgehead atoms. The molecule has 3 aliphatic rings. The first kappa shape index (κ1) is 21.0. The molecule has 2 atom stereocenters. The van der Waals surface area contributed by atoms with Crippen LogP contribution in [0.4, 0.5) is 0 Å². The lowest BCUT2D eigenvalue weighted by Gasteiger charge is -2.40. The van der Waals surface area contributed by atoms with Crippen LogP contribution < -0.4 is 5.69 Å². The van der Waals surface area contributed by atoms with Crippen LogP contribution in [0.5, 0.6) is 0 Å². The molecule has 1 aromatic rings. The number of piperazine rings is 1. The molecule has 4 heterocycles. The normalized spacial score (nSPS) is 28.2. The average molecular weight is 429 g/mol. The topological polar surface area (TPSA) is 92.9 Å². The second-order valence-corrected chi connectivity index (χ2v) is 10.3. The van der Waals surface area contributed by atoms with E-state index in [4.69, 9.17) is 4.74 Å². The SMILES string of the molecule is C[C@H]1CN(S(=O)(=O)N2CCN(Cn3nc4n(c3=O)CCCCC4)CC2)C[C@H](C)O1. The second kappa shape index (κ2) is 8.46. The third kappa shape index (κ3) is 4.43. The molecule has 0 N–H and O–H groups in total. The van der Waals surface area contributed by atoms with Crippen molar-refractivity contribution < 1.29 is 13.2 Å². The van der Waals surface area contributed by atoms with E-state index in [1.807, 2.05) is 13.8 Å². The zero-order valence-electron chi connectivity index (χ0n) is 17.4. The smallest absolute Gasteiger partial charge is 0.347 e. The van der Waals surface area contributed by atoms with Crippen molar-refractivity contribution in [3.63, 3.8) is 0 Å². The van der Waals surface area contributed by atoms with Crippen molar-refractivity contribution in [3.05, 3.63) is 16.3 Å². The first-order valence-electron chi connectivity index (χ1n) is 10.6. The quantitative estimate of drug-likeness (QED) is 0.654. The molecule has 2 fully saturated rings. The summed E-state index contributed by atoms with van der Waals surface area (Å²) in [7, 11) is -3.49. The Morgan fingerprint density at radius 1 is 0.966 bits per heavy atom. The molecule has 29 heavy (non-hydrogen) atoms. The Hall–Kier alpha value is -1.27. The molecule has 164 valence electrons. The van der Waals surface area contributed by atoms with Gasteiger partial charge in [-0.3, -0.25) is 9.47 Å². The maximum Gasteiger partial charge on any atom is 0.347 e. The highest BCUT2D eigenvalue weighted by Gasteiger charge is 2.36. The Morgan fingerprint density at radius 2 is 1.66 bits per heavy atom. The highest BCUT2D eigenvalue weighted by molar-refractivity contribution is 7.86. The lowest BCUT2D eigenvalue weighted by Crippen LogP contribution is -2.57. The van der Waals surface area contributed by atoms with Crippen molar-refractivity contribution in [2.24, 2.45) is 0 Å². The van der Waals surface area contributed by atoms with Gasteiger partial charge in [-0.2, -0.15) is 26.8 Å². The fraction of sp³-hybridized carbons (Fsp3) is 0.889. The van der Waals surface area contributed by atoms with E-state index in [2.05, 4.69) is 10.00 Å². The summed E-state index contributed by atoms with van der Waals surface area (Å²) < 4.78 is 38.1. The van der Waals surface area contributed by atoms with E-state index in [1.165, 1.54) is 4.68 Å². The van der Waals surface area contributed by atoms with Crippen LogP contribution in [0, 0.1) is 0 Å². The third-order valence-corrected chi connectivity index (χ3v) is 7.95. The third-order valence-electron chi connectivity index (χ3n) is 5.99. The Labute approximate surface area is 172 Å². The minimum absolute atomic E-state index is 0.0479. The van der Waals surface area contributed by atoms with E-state index in [1.54, 1.807) is 13.2 Å². The van der Waals surface area contributed by atoms with Crippen LogP contribution in [-0.4, -0.2) is 87.8 Å². The van der Waals surface area contributed by atoms with Crippen molar-refractivity contribution in [1.82, 2.24) is 27.9 Å². The maximum atomic E-state index is 13.0. The number of hydrogen-bond donors (Lipinski definition) is 0. The summed E-state index contributed by atoms with van der Waals surface area (Å²) in [5.41, 5.74) is -0.0479. The zero-order valence-corrected chi connectivity index (χ0v) is 18.2. The highest BCUT2D eigenvalue weighted by atomic mass is 32.2.